The van der Waals surface area contributed by atoms with Crippen molar-refractivity contribution in [1.29, 1.82) is 0 Å². The monoisotopic (exact) mass is 300 g/mol. The van der Waals surface area contributed by atoms with Gasteiger partial charge in [-0.2, -0.15) is 0 Å². The van der Waals surface area contributed by atoms with Crippen LogP contribution in [0.3, 0.4) is 0 Å². The van der Waals surface area contributed by atoms with E-state index in [0.29, 0.717) is 19.1 Å². The molecule has 1 fully saturated rings. The maximum Gasteiger partial charge on any atom is 0.241 e. The second kappa shape index (κ2) is 10.4. The predicted octanol–water partition coefficient (Wildman–Crippen LogP) is -0.317. The number of likely N-dealkylation sites (tertiary alicyclic amines) is 1. The summed E-state index contributed by atoms with van der Waals surface area (Å²) in [5.74, 6) is 1.25. The van der Waals surface area contributed by atoms with E-state index in [1.165, 1.54) is 0 Å². The summed E-state index contributed by atoms with van der Waals surface area (Å²) in [5.41, 5.74) is 0. The van der Waals surface area contributed by atoms with Crippen molar-refractivity contribution in [3.8, 4) is 0 Å². The van der Waals surface area contributed by atoms with Crippen molar-refractivity contribution in [2.75, 3.05) is 60.2 Å². The number of methoxy groups -OCH3 is 2. The van der Waals surface area contributed by atoms with Crippen molar-refractivity contribution in [3.05, 3.63) is 0 Å². The smallest absolute Gasteiger partial charge is 0.241 e. The molecular weight excluding hydrogens is 272 g/mol. The number of amides is 1. The number of rotatable bonds is 8. The Kier molecular flexibility index (Phi) is 8.77. The van der Waals surface area contributed by atoms with E-state index in [4.69, 9.17) is 9.47 Å². The molecule has 7 nitrogen and oxygen atoms in total. The van der Waals surface area contributed by atoms with Crippen molar-refractivity contribution in [2.45, 2.75) is 13.3 Å². The second-order valence-electron chi connectivity index (χ2n) is 5.07. The summed E-state index contributed by atoms with van der Waals surface area (Å²) >= 11 is 0. The SMILES string of the molecule is CCNC(=NCC(=O)NCCOC)N1CCC(COC)C1. The first-order chi connectivity index (χ1) is 10.2. The van der Waals surface area contributed by atoms with Crippen LogP contribution < -0.4 is 10.6 Å². The number of carbonyl (C=O) groups is 1. The number of hydrogen-bond donors (Lipinski definition) is 2. The Bertz CT molecular complexity index is 336. The number of aliphatic imine (C=N–C) groups is 1. The van der Waals surface area contributed by atoms with Crippen LogP contribution in [0.4, 0.5) is 0 Å². The fourth-order valence-corrected chi connectivity index (χ4v) is 2.32. The van der Waals surface area contributed by atoms with Gasteiger partial charge in [-0.1, -0.05) is 0 Å². The van der Waals surface area contributed by atoms with E-state index in [0.717, 1.165) is 38.6 Å². The molecule has 0 aromatic heterocycles. The molecule has 0 radical (unpaired) electrons. The first kappa shape index (κ1) is 17.7. The molecule has 0 saturated carbocycles. The van der Waals surface area contributed by atoms with Crippen LogP contribution in [-0.4, -0.2) is 76.9 Å². The van der Waals surface area contributed by atoms with Gasteiger partial charge in [-0.15, -0.1) is 0 Å². The molecule has 0 bridgehead atoms. The van der Waals surface area contributed by atoms with Crippen LogP contribution in [0.1, 0.15) is 13.3 Å². The first-order valence-electron chi connectivity index (χ1n) is 7.49. The molecule has 21 heavy (non-hydrogen) atoms. The van der Waals surface area contributed by atoms with Crippen LogP contribution in [0.15, 0.2) is 4.99 Å². The highest BCUT2D eigenvalue weighted by Crippen LogP contribution is 2.16. The van der Waals surface area contributed by atoms with Crippen molar-refractivity contribution in [3.63, 3.8) is 0 Å². The number of carbonyl (C=O) groups excluding carboxylic acids is 1. The normalized spacial score (nSPS) is 18.9. The highest BCUT2D eigenvalue weighted by atomic mass is 16.5. The molecular formula is C14H28N4O3. The van der Waals surface area contributed by atoms with E-state index >= 15 is 0 Å². The summed E-state index contributed by atoms with van der Waals surface area (Å²) in [5, 5.41) is 6.00. The largest absolute Gasteiger partial charge is 0.384 e. The van der Waals surface area contributed by atoms with Gasteiger partial charge in [0, 0.05) is 46.3 Å². The lowest BCUT2D eigenvalue weighted by Crippen LogP contribution is -2.41. The molecule has 1 unspecified atom stereocenters. The van der Waals surface area contributed by atoms with Crippen LogP contribution in [0.25, 0.3) is 0 Å². The molecule has 0 aromatic carbocycles. The van der Waals surface area contributed by atoms with Crippen molar-refractivity contribution in [2.24, 2.45) is 10.9 Å². The van der Waals surface area contributed by atoms with Gasteiger partial charge in [0.1, 0.15) is 6.54 Å². The Labute approximate surface area is 127 Å². The molecule has 1 atom stereocenters. The molecule has 1 saturated heterocycles. The number of hydrogen-bond acceptors (Lipinski definition) is 4. The zero-order chi connectivity index (χ0) is 15.5. The van der Waals surface area contributed by atoms with Gasteiger partial charge in [-0.25, -0.2) is 4.99 Å². The van der Waals surface area contributed by atoms with E-state index < -0.39 is 0 Å². The fraction of sp³-hybridized carbons (Fsp3) is 0.857. The number of nitrogens with zero attached hydrogens (tertiary/aromatic N) is 2. The minimum absolute atomic E-state index is 0.0879. The highest BCUT2D eigenvalue weighted by molar-refractivity contribution is 5.85. The summed E-state index contributed by atoms with van der Waals surface area (Å²) in [7, 11) is 3.34. The minimum atomic E-state index is -0.0879. The van der Waals surface area contributed by atoms with E-state index in [1.807, 2.05) is 6.92 Å². The Morgan fingerprint density at radius 3 is 2.81 bits per heavy atom. The van der Waals surface area contributed by atoms with E-state index in [1.54, 1.807) is 14.2 Å². The third-order valence-corrected chi connectivity index (χ3v) is 3.32. The molecule has 1 aliphatic rings. The van der Waals surface area contributed by atoms with Crippen molar-refractivity contribution < 1.29 is 14.3 Å². The Hall–Kier alpha value is -1.34. The molecule has 7 heteroatoms. The zero-order valence-corrected chi connectivity index (χ0v) is 13.4. The van der Waals surface area contributed by atoms with Crippen LogP contribution in [-0.2, 0) is 14.3 Å². The number of ether oxygens (including phenoxy) is 2. The molecule has 1 heterocycles. The van der Waals surface area contributed by atoms with Crippen LogP contribution in [0.2, 0.25) is 0 Å². The summed E-state index contributed by atoms with van der Waals surface area (Å²) in [4.78, 5) is 18.3. The average Bonchev–Trinajstić information content (AvgIpc) is 2.92. The van der Waals surface area contributed by atoms with Crippen LogP contribution >= 0.6 is 0 Å². The van der Waals surface area contributed by atoms with Gasteiger partial charge in [-0.05, 0) is 13.3 Å². The van der Waals surface area contributed by atoms with Gasteiger partial charge in [0.15, 0.2) is 5.96 Å². The lowest BCUT2D eigenvalue weighted by molar-refractivity contribution is -0.119. The van der Waals surface area contributed by atoms with E-state index in [9.17, 15) is 4.79 Å². The maximum atomic E-state index is 11.7. The maximum absolute atomic E-state index is 11.7. The van der Waals surface area contributed by atoms with Gasteiger partial charge >= 0.3 is 0 Å². The van der Waals surface area contributed by atoms with Crippen molar-refractivity contribution >= 4 is 11.9 Å². The molecule has 0 spiro atoms. The zero-order valence-electron chi connectivity index (χ0n) is 13.4. The van der Waals surface area contributed by atoms with Gasteiger partial charge < -0.3 is 25.0 Å². The standard InChI is InChI=1S/C14H28N4O3/c1-4-15-14(17-9-13(19)16-6-8-20-2)18-7-5-12(10-18)11-21-3/h12H,4-11H2,1-3H3,(H,15,17)(H,16,19). The van der Waals surface area contributed by atoms with E-state index in [-0.39, 0.29) is 12.5 Å². The summed E-state index contributed by atoms with van der Waals surface area (Å²) < 4.78 is 10.1. The predicted molar refractivity (Wildman–Crippen MR) is 82.4 cm³/mol. The summed E-state index contributed by atoms with van der Waals surface area (Å²) in [6, 6.07) is 0. The Morgan fingerprint density at radius 2 is 2.14 bits per heavy atom. The van der Waals surface area contributed by atoms with Gasteiger partial charge in [-0.3, -0.25) is 4.79 Å². The summed E-state index contributed by atoms with van der Waals surface area (Å²) in [6.45, 7) is 6.62. The Balaban J connectivity index is 2.44. The number of guanidine groups is 1. The molecule has 1 rings (SSSR count). The van der Waals surface area contributed by atoms with Gasteiger partial charge in [0.2, 0.25) is 5.91 Å². The molecule has 1 aliphatic heterocycles. The van der Waals surface area contributed by atoms with Crippen LogP contribution in [0, 0.1) is 5.92 Å². The number of nitrogens with one attached hydrogen (secondary N) is 2. The van der Waals surface area contributed by atoms with Crippen LogP contribution in [0.5, 0.6) is 0 Å². The minimum Gasteiger partial charge on any atom is -0.384 e. The topological polar surface area (TPSA) is 75.2 Å². The lowest BCUT2D eigenvalue weighted by atomic mass is 10.1. The molecule has 2 N–H and O–H groups in total. The summed E-state index contributed by atoms with van der Waals surface area (Å²) in [6.07, 6.45) is 1.10. The molecule has 0 aliphatic carbocycles. The van der Waals surface area contributed by atoms with E-state index in [2.05, 4.69) is 20.5 Å². The third-order valence-electron chi connectivity index (χ3n) is 3.32. The highest BCUT2D eigenvalue weighted by Gasteiger charge is 2.24. The first-order valence-corrected chi connectivity index (χ1v) is 7.49. The second-order valence-corrected chi connectivity index (χ2v) is 5.07. The lowest BCUT2D eigenvalue weighted by Gasteiger charge is -2.21. The molecule has 122 valence electrons. The fourth-order valence-electron chi connectivity index (χ4n) is 2.32. The molecule has 0 aromatic rings. The Morgan fingerprint density at radius 1 is 1.33 bits per heavy atom. The van der Waals surface area contributed by atoms with Crippen molar-refractivity contribution in [1.82, 2.24) is 15.5 Å². The third kappa shape index (κ3) is 6.77. The van der Waals surface area contributed by atoms with Gasteiger partial charge in [0.25, 0.3) is 0 Å². The van der Waals surface area contributed by atoms with Gasteiger partial charge in [0.05, 0.1) is 13.2 Å². The average molecular weight is 300 g/mol. The molecule has 1 amide bonds. The quantitative estimate of drug-likeness (QED) is 0.365.